The Kier molecular flexibility index (Phi) is 8.31. The maximum absolute atomic E-state index is 12.9. The summed E-state index contributed by atoms with van der Waals surface area (Å²) in [5.41, 5.74) is 0.530. The number of hydrogen-bond donors (Lipinski definition) is 1. The van der Waals surface area contributed by atoms with Crippen molar-refractivity contribution < 1.29 is 22.7 Å². The molecule has 0 spiro atoms. The second kappa shape index (κ2) is 10.5. The highest BCUT2D eigenvalue weighted by atomic mass is 35.5. The largest absolute Gasteiger partial charge is 0.497 e. The minimum absolute atomic E-state index is 0.109. The zero-order chi connectivity index (χ0) is 21.4. The Labute approximate surface area is 176 Å². The van der Waals surface area contributed by atoms with E-state index in [0.29, 0.717) is 37.6 Å². The van der Waals surface area contributed by atoms with Crippen LogP contribution in [-0.2, 0) is 14.8 Å². The van der Waals surface area contributed by atoms with Gasteiger partial charge < -0.3 is 14.8 Å². The van der Waals surface area contributed by atoms with Gasteiger partial charge in [-0.1, -0.05) is 11.6 Å². The van der Waals surface area contributed by atoms with E-state index in [4.69, 9.17) is 21.1 Å². The normalized spacial score (nSPS) is 11.2. The van der Waals surface area contributed by atoms with Crippen LogP contribution in [0.5, 0.6) is 5.75 Å². The number of rotatable bonds is 10. The fraction of sp³-hybridized carbons (Fsp3) is 0.350. The number of ether oxygens (including phenoxy) is 2. The van der Waals surface area contributed by atoms with Gasteiger partial charge in [-0.25, -0.2) is 8.42 Å². The maximum atomic E-state index is 12.9. The molecule has 2 aromatic rings. The molecule has 0 aliphatic carbocycles. The molecule has 0 fully saturated rings. The number of nitrogens with zero attached hydrogens (tertiary/aromatic N) is 1. The quantitative estimate of drug-likeness (QED) is 0.573. The Bertz CT molecular complexity index is 932. The third-order valence-electron chi connectivity index (χ3n) is 4.23. The van der Waals surface area contributed by atoms with E-state index in [2.05, 4.69) is 5.32 Å². The number of carbonyl (C=O) groups excluding carboxylic acids is 1. The van der Waals surface area contributed by atoms with Crippen molar-refractivity contribution >= 4 is 33.2 Å². The van der Waals surface area contributed by atoms with Crippen LogP contribution in [-0.4, -0.2) is 48.2 Å². The molecule has 0 atom stereocenters. The van der Waals surface area contributed by atoms with Gasteiger partial charge in [0.25, 0.3) is 15.9 Å². The fourth-order valence-corrected chi connectivity index (χ4v) is 3.93. The van der Waals surface area contributed by atoms with E-state index in [9.17, 15) is 13.2 Å². The van der Waals surface area contributed by atoms with Gasteiger partial charge in [0.15, 0.2) is 0 Å². The molecule has 158 valence electrons. The first kappa shape index (κ1) is 23.0. The van der Waals surface area contributed by atoms with Crippen molar-refractivity contribution in [1.29, 1.82) is 0 Å². The van der Waals surface area contributed by atoms with Crippen molar-refractivity contribution in [2.24, 2.45) is 0 Å². The van der Waals surface area contributed by atoms with E-state index in [0.717, 1.165) is 4.31 Å². The second-order valence-electron chi connectivity index (χ2n) is 6.12. The van der Waals surface area contributed by atoms with Gasteiger partial charge >= 0.3 is 0 Å². The van der Waals surface area contributed by atoms with Crippen molar-refractivity contribution in [2.45, 2.75) is 18.2 Å². The Morgan fingerprint density at radius 1 is 1.17 bits per heavy atom. The summed E-state index contributed by atoms with van der Waals surface area (Å²) >= 11 is 6.16. The zero-order valence-electron chi connectivity index (χ0n) is 16.6. The molecule has 0 saturated heterocycles. The van der Waals surface area contributed by atoms with Crippen molar-refractivity contribution in [2.75, 3.05) is 38.2 Å². The maximum Gasteiger partial charge on any atom is 0.264 e. The molecule has 0 bridgehead atoms. The highest BCUT2D eigenvalue weighted by Crippen LogP contribution is 2.27. The molecular weight excluding hydrogens is 416 g/mol. The van der Waals surface area contributed by atoms with Crippen LogP contribution in [0.2, 0.25) is 5.02 Å². The summed E-state index contributed by atoms with van der Waals surface area (Å²) in [6.07, 6.45) is 0.669. The van der Waals surface area contributed by atoms with Gasteiger partial charge in [-0.3, -0.25) is 9.10 Å². The predicted molar refractivity (Wildman–Crippen MR) is 113 cm³/mol. The van der Waals surface area contributed by atoms with E-state index in [-0.39, 0.29) is 21.4 Å². The number of amides is 1. The van der Waals surface area contributed by atoms with E-state index < -0.39 is 10.0 Å². The first-order chi connectivity index (χ1) is 13.8. The first-order valence-electron chi connectivity index (χ1n) is 9.09. The summed E-state index contributed by atoms with van der Waals surface area (Å²) in [5.74, 6) is 0.185. The second-order valence-corrected chi connectivity index (χ2v) is 8.50. The summed E-state index contributed by atoms with van der Waals surface area (Å²) < 4.78 is 37.2. The Morgan fingerprint density at radius 3 is 2.48 bits per heavy atom. The smallest absolute Gasteiger partial charge is 0.264 e. The fourth-order valence-electron chi connectivity index (χ4n) is 2.54. The number of carbonyl (C=O) groups is 1. The summed E-state index contributed by atoms with van der Waals surface area (Å²) in [7, 11) is -0.883. The average molecular weight is 441 g/mol. The molecule has 0 unspecified atom stereocenters. The summed E-state index contributed by atoms with van der Waals surface area (Å²) in [6, 6.07) is 10.6. The van der Waals surface area contributed by atoms with Gasteiger partial charge in [-0.15, -0.1) is 0 Å². The molecule has 2 aromatic carbocycles. The number of nitrogens with one attached hydrogen (secondary N) is 1. The standard InChI is InChI=1S/C20H25ClN2O5S/c1-4-28-13-5-12-22-20(24)18-14-15(6-11-19(18)21)23(2)29(25,26)17-9-7-16(27-3)8-10-17/h6-11,14H,4-5,12-13H2,1-3H3,(H,22,24). The van der Waals surface area contributed by atoms with Gasteiger partial charge in [-0.05, 0) is 55.8 Å². The van der Waals surface area contributed by atoms with Crippen LogP contribution in [0.15, 0.2) is 47.4 Å². The molecule has 0 saturated carbocycles. The van der Waals surface area contributed by atoms with E-state index in [1.54, 1.807) is 18.2 Å². The summed E-state index contributed by atoms with van der Waals surface area (Å²) in [4.78, 5) is 12.6. The minimum atomic E-state index is -3.81. The topological polar surface area (TPSA) is 84.9 Å². The van der Waals surface area contributed by atoms with Gasteiger partial charge in [0.1, 0.15) is 5.75 Å². The molecule has 0 aromatic heterocycles. The lowest BCUT2D eigenvalue weighted by atomic mass is 10.2. The van der Waals surface area contributed by atoms with Gasteiger partial charge in [0, 0.05) is 26.8 Å². The third kappa shape index (κ3) is 5.85. The Balaban J connectivity index is 2.19. The highest BCUT2D eigenvalue weighted by Gasteiger charge is 2.23. The third-order valence-corrected chi connectivity index (χ3v) is 6.36. The highest BCUT2D eigenvalue weighted by molar-refractivity contribution is 7.92. The van der Waals surface area contributed by atoms with Crippen LogP contribution < -0.4 is 14.4 Å². The molecule has 0 heterocycles. The first-order valence-corrected chi connectivity index (χ1v) is 10.9. The number of benzene rings is 2. The van der Waals surface area contributed by atoms with E-state index >= 15 is 0 Å². The van der Waals surface area contributed by atoms with E-state index in [1.807, 2.05) is 6.92 Å². The molecular formula is C20H25ClN2O5S. The number of hydrogen-bond acceptors (Lipinski definition) is 5. The van der Waals surface area contributed by atoms with Gasteiger partial charge in [0.05, 0.1) is 28.3 Å². The molecule has 7 nitrogen and oxygen atoms in total. The van der Waals surface area contributed by atoms with Gasteiger partial charge in [-0.2, -0.15) is 0 Å². The molecule has 9 heteroatoms. The van der Waals surface area contributed by atoms with Crippen LogP contribution in [0.4, 0.5) is 5.69 Å². The molecule has 0 aliphatic rings. The van der Waals surface area contributed by atoms with Gasteiger partial charge in [0.2, 0.25) is 0 Å². The van der Waals surface area contributed by atoms with E-state index in [1.165, 1.54) is 38.4 Å². The lowest BCUT2D eigenvalue weighted by Gasteiger charge is -2.20. The number of methoxy groups -OCH3 is 1. The van der Waals surface area contributed by atoms with Crippen molar-refractivity contribution in [3.8, 4) is 5.75 Å². The average Bonchev–Trinajstić information content (AvgIpc) is 2.73. The number of anilines is 1. The summed E-state index contributed by atoms with van der Waals surface area (Å²) in [6.45, 7) is 3.50. The number of sulfonamides is 1. The lowest BCUT2D eigenvalue weighted by Crippen LogP contribution is -2.28. The Hall–Kier alpha value is -2.29. The van der Waals surface area contributed by atoms with Crippen LogP contribution in [0.25, 0.3) is 0 Å². The van der Waals surface area contributed by atoms with Crippen LogP contribution in [0.1, 0.15) is 23.7 Å². The molecule has 1 amide bonds. The van der Waals surface area contributed by atoms with Crippen LogP contribution in [0.3, 0.4) is 0 Å². The molecule has 0 radical (unpaired) electrons. The predicted octanol–water partition coefficient (Wildman–Crippen LogP) is 3.33. The minimum Gasteiger partial charge on any atom is -0.497 e. The van der Waals surface area contributed by atoms with Crippen molar-refractivity contribution in [3.05, 3.63) is 53.1 Å². The SMILES string of the molecule is CCOCCCNC(=O)c1cc(N(C)S(=O)(=O)c2ccc(OC)cc2)ccc1Cl. The lowest BCUT2D eigenvalue weighted by molar-refractivity contribution is 0.0944. The molecule has 2 rings (SSSR count). The van der Waals surface area contributed by atoms with Crippen LogP contribution >= 0.6 is 11.6 Å². The zero-order valence-corrected chi connectivity index (χ0v) is 18.2. The van der Waals surface area contributed by atoms with Crippen molar-refractivity contribution in [1.82, 2.24) is 5.32 Å². The Morgan fingerprint density at radius 2 is 1.86 bits per heavy atom. The number of halogens is 1. The summed E-state index contributed by atoms with van der Waals surface area (Å²) in [5, 5.41) is 3.00. The molecule has 29 heavy (non-hydrogen) atoms. The van der Waals surface area contributed by atoms with Crippen LogP contribution in [0, 0.1) is 0 Å². The molecule has 1 N–H and O–H groups in total. The monoisotopic (exact) mass is 440 g/mol. The van der Waals surface area contributed by atoms with Crippen molar-refractivity contribution in [3.63, 3.8) is 0 Å². The molecule has 0 aliphatic heterocycles.